The number of carbonyl (C=O) groups is 2. The Hall–Kier alpha value is -2.90. The van der Waals surface area contributed by atoms with Crippen LogP contribution < -0.4 is 16.4 Å². The highest BCUT2D eigenvalue weighted by Crippen LogP contribution is 2.27. The number of carbonyl (C=O) groups excluding carboxylic acids is 2. The third-order valence-electron chi connectivity index (χ3n) is 4.76. The van der Waals surface area contributed by atoms with Crippen LogP contribution in [0.25, 0.3) is 10.9 Å². The van der Waals surface area contributed by atoms with Gasteiger partial charge in [0.25, 0.3) is 11.5 Å². The van der Waals surface area contributed by atoms with E-state index in [1.165, 1.54) is 37.8 Å². The van der Waals surface area contributed by atoms with E-state index >= 15 is 0 Å². The lowest BCUT2D eigenvalue weighted by molar-refractivity contribution is -0.122. The first-order chi connectivity index (χ1) is 14.0. The Morgan fingerprint density at radius 1 is 1.03 bits per heavy atom. The molecule has 0 saturated carbocycles. The highest BCUT2D eigenvalue weighted by Gasteiger charge is 2.21. The van der Waals surface area contributed by atoms with Gasteiger partial charge in [0.15, 0.2) is 0 Å². The topological polar surface area (TPSA) is 111 Å². The van der Waals surface area contributed by atoms with Gasteiger partial charge in [0, 0.05) is 6.42 Å². The van der Waals surface area contributed by atoms with Gasteiger partial charge >= 0.3 is 0 Å². The van der Waals surface area contributed by atoms with Crippen LogP contribution in [0.2, 0.25) is 0 Å². The normalized spacial score (nSPS) is 10.8. The van der Waals surface area contributed by atoms with Gasteiger partial charge in [-0.2, -0.15) is 0 Å². The van der Waals surface area contributed by atoms with Crippen LogP contribution in [-0.2, 0) is 4.79 Å². The molecule has 0 bridgehead atoms. The third kappa shape index (κ3) is 6.30. The van der Waals surface area contributed by atoms with Crippen LogP contribution in [0.4, 0.5) is 4.39 Å². The molecule has 0 aliphatic carbocycles. The Bertz CT molecular complexity index is 911. The lowest BCUT2D eigenvalue weighted by Gasteiger charge is -2.10. The van der Waals surface area contributed by atoms with Crippen LogP contribution in [0.5, 0.6) is 5.75 Å². The highest BCUT2D eigenvalue weighted by molar-refractivity contribution is 6.02. The summed E-state index contributed by atoms with van der Waals surface area (Å²) >= 11 is 0. The fraction of sp³-hybridized carbons (Fsp3) is 0.476. The van der Waals surface area contributed by atoms with Crippen molar-refractivity contribution < 1.29 is 19.1 Å². The van der Waals surface area contributed by atoms with Crippen LogP contribution in [0.15, 0.2) is 23.0 Å². The quantitative estimate of drug-likeness (QED) is 0.357. The molecule has 0 aliphatic rings. The van der Waals surface area contributed by atoms with E-state index in [9.17, 15) is 23.9 Å². The summed E-state index contributed by atoms with van der Waals surface area (Å²) in [6.07, 6.45) is 9.00. The van der Waals surface area contributed by atoms with Crippen molar-refractivity contribution in [1.29, 1.82) is 0 Å². The summed E-state index contributed by atoms with van der Waals surface area (Å²) in [6, 6.07) is 3.89. The van der Waals surface area contributed by atoms with E-state index in [0.717, 1.165) is 25.3 Å². The van der Waals surface area contributed by atoms with Crippen LogP contribution in [-0.4, -0.2) is 21.9 Å². The maximum Gasteiger partial charge on any atom is 0.279 e. The minimum atomic E-state index is -1.02. The van der Waals surface area contributed by atoms with Crippen LogP contribution >= 0.6 is 0 Å². The van der Waals surface area contributed by atoms with Gasteiger partial charge in [-0.15, -0.1) is 0 Å². The van der Waals surface area contributed by atoms with E-state index in [2.05, 4.69) is 22.8 Å². The maximum atomic E-state index is 13.9. The molecule has 2 aromatic rings. The highest BCUT2D eigenvalue weighted by atomic mass is 19.1. The van der Waals surface area contributed by atoms with Crippen molar-refractivity contribution in [3.05, 3.63) is 39.9 Å². The minimum absolute atomic E-state index is 0.0720. The molecule has 0 spiro atoms. The van der Waals surface area contributed by atoms with Gasteiger partial charge in [-0.25, -0.2) is 4.39 Å². The number of hydrazine groups is 1. The lowest BCUT2D eigenvalue weighted by atomic mass is 10.1. The van der Waals surface area contributed by atoms with E-state index in [-0.39, 0.29) is 17.3 Å². The number of aromatic hydroxyl groups is 1. The molecular weight excluding hydrogens is 377 g/mol. The second-order valence-corrected chi connectivity index (χ2v) is 7.07. The molecule has 4 N–H and O–H groups in total. The number of fused-ring (bicyclic) bond motifs is 1. The van der Waals surface area contributed by atoms with E-state index in [4.69, 9.17) is 0 Å². The minimum Gasteiger partial charge on any atom is -0.506 e. The molecule has 1 aromatic heterocycles. The van der Waals surface area contributed by atoms with E-state index in [1.54, 1.807) is 0 Å². The van der Waals surface area contributed by atoms with Gasteiger partial charge in [-0.05, 0) is 18.6 Å². The number of aromatic nitrogens is 1. The molecule has 2 amide bonds. The summed E-state index contributed by atoms with van der Waals surface area (Å²) in [7, 11) is 0. The molecule has 0 fully saturated rings. The number of pyridine rings is 1. The molecule has 0 atom stereocenters. The molecule has 0 unspecified atom stereocenters. The van der Waals surface area contributed by atoms with Crippen molar-refractivity contribution in [3.8, 4) is 5.75 Å². The zero-order valence-corrected chi connectivity index (χ0v) is 16.6. The SMILES string of the molecule is CCCCCCCCCCC(=O)NNC(=O)c1c(O)c2c(F)cccc2[nH]c1=O. The van der Waals surface area contributed by atoms with Gasteiger partial charge in [0.1, 0.15) is 17.1 Å². The number of amides is 2. The molecule has 158 valence electrons. The van der Waals surface area contributed by atoms with Gasteiger partial charge in [-0.3, -0.25) is 25.2 Å². The molecule has 1 aromatic carbocycles. The van der Waals surface area contributed by atoms with Gasteiger partial charge < -0.3 is 10.1 Å². The fourth-order valence-corrected chi connectivity index (χ4v) is 3.17. The number of nitrogens with one attached hydrogen (secondary N) is 3. The van der Waals surface area contributed by atoms with Crippen LogP contribution in [0, 0.1) is 5.82 Å². The number of rotatable bonds is 10. The monoisotopic (exact) mass is 405 g/mol. The smallest absolute Gasteiger partial charge is 0.279 e. The molecule has 8 heteroatoms. The first-order valence-corrected chi connectivity index (χ1v) is 10.1. The predicted molar refractivity (Wildman–Crippen MR) is 109 cm³/mol. The average Bonchev–Trinajstić information content (AvgIpc) is 2.68. The summed E-state index contributed by atoms with van der Waals surface area (Å²) < 4.78 is 13.9. The zero-order chi connectivity index (χ0) is 21.2. The first kappa shape index (κ1) is 22.4. The van der Waals surface area contributed by atoms with Gasteiger partial charge in [-0.1, -0.05) is 57.9 Å². The lowest BCUT2D eigenvalue weighted by Crippen LogP contribution is -2.43. The number of halogens is 1. The molecule has 0 radical (unpaired) electrons. The predicted octanol–water partition coefficient (Wildman–Crippen LogP) is 3.66. The Morgan fingerprint density at radius 3 is 2.38 bits per heavy atom. The second-order valence-electron chi connectivity index (χ2n) is 7.07. The molecule has 29 heavy (non-hydrogen) atoms. The van der Waals surface area contributed by atoms with Crippen molar-refractivity contribution >= 4 is 22.7 Å². The molecular formula is C21H28FN3O4. The van der Waals surface area contributed by atoms with Crippen LogP contribution in [0.3, 0.4) is 0 Å². The van der Waals surface area contributed by atoms with Crippen molar-refractivity contribution in [2.75, 3.05) is 0 Å². The van der Waals surface area contributed by atoms with E-state index in [1.807, 2.05) is 0 Å². The standard InChI is InChI=1S/C21H28FN3O4/c1-2-3-4-5-6-7-8-9-13-16(26)24-25-21(29)18-19(27)17-14(22)11-10-12-15(17)23-20(18)28/h10-12H,2-9,13H2,1H3,(H,24,26)(H,25,29)(H2,23,27,28). The Balaban J connectivity index is 1.83. The number of hydrogen-bond acceptors (Lipinski definition) is 4. The molecule has 0 aliphatic heterocycles. The Labute approximate surface area is 168 Å². The van der Waals surface area contributed by atoms with E-state index in [0.29, 0.717) is 6.42 Å². The summed E-state index contributed by atoms with van der Waals surface area (Å²) in [5, 5.41) is 9.93. The zero-order valence-electron chi connectivity index (χ0n) is 16.6. The van der Waals surface area contributed by atoms with Gasteiger partial charge in [0.2, 0.25) is 5.91 Å². The fourth-order valence-electron chi connectivity index (χ4n) is 3.17. The number of benzene rings is 1. The average molecular weight is 405 g/mol. The summed E-state index contributed by atoms with van der Waals surface area (Å²) in [5.41, 5.74) is 2.85. The van der Waals surface area contributed by atoms with Gasteiger partial charge in [0.05, 0.1) is 10.9 Å². The third-order valence-corrected chi connectivity index (χ3v) is 4.76. The van der Waals surface area contributed by atoms with Crippen molar-refractivity contribution in [2.45, 2.75) is 64.7 Å². The summed E-state index contributed by atoms with van der Waals surface area (Å²) in [4.78, 5) is 38.5. The largest absolute Gasteiger partial charge is 0.506 e. The summed E-state index contributed by atoms with van der Waals surface area (Å²) in [6.45, 7) is 2.17. The maximum absolute atomic E-state index is 13.9. The molecule has 1 heterocycles. The number of aromatic amines is 1. The van der Waals surface area contributed by atoms with Crippen LogP contribution in [0.1, 0.15) is 75.1 Å². The first-order valence-electron chi connectivity index (χ1n) is 10.1. The number of unbranched alkanes of at least 4 members (excludes halogenated alkanes) is 7. The molecule has 0 saturated heterocycles. The Morgan fingerprint density at radius 2 is 1.69 bits per heavy atom. The number of hydrogen-bond donors (Lipinski definition) is 4. The Kier molecular flexibility index (Phi) is 8.64. The molecule has 7 nitrogen and oxygen atoms in total. The van der Waals surface area contributed by atoms with E-state index < -0.39 is 34.5 Å². The van der Waals surface area contributed by atoms with Crippen molar-refractivity contribution in [3.63, 3.8) is 0 Å². The molecule has 2 rings (SSSR count). The number of H-pyrrole nitrogens is 1. The van der Waals surface area contributed by atoms with Crippen molar-refractivity contribution in [1.82, 2.24) is 15.8 Å². The summed E-state index contributed by atoms with van der Waals surface area (Å²) in [5.74, 6) is -2.95. The van der Waals surface area contributed by atoms with Crippen molar-refractivity contribution in [2.24, 2.45) is 0 Å². The second kappa shape index (κ2) is 11.2.